The Kier molecular flexibility index (Phi) is 3.95. The minimum Gasteiger partial charge on any atom is -0.493 e. The highest BCUT2D eigenvalue weighted by atomic mass is 35.5. The first-order valence-corrected chi connectivity index (χ1v) is 6.55. The van der Waals surface area contributed by atoms with Gasteiger partial charge in [-0.15, -0.1) is 0 Å². The van der Waals surface area contributed by atoms with E-state index in [0.29, 0.717) is 6.61 Å². The number of halogens is 1. The number of rotatable bonds is 6. The molecule has 2 rings (SSSR count). The molecule has 94 valence electrons. The topological polar surface area (TPSA) is 21.3 Å². The summed E-state index contributed by atoms with van der Waals surface area (Å²) in [4.78, 5) is 0. The molecule has 0 aliphatic heterocycles. The van der Waals surface area contributed by atoms with Crippen LogP contribution in [0.3, 0.4) is 0 Å². The largest absolute Gasteiger partial charge is 0.493 e. The van der Waals surface area contributed by atoms with Gasteiger partial charge in [0.05, 0.1) is 6.61 Å². The van der Waals surface area contributed by atoms with Crippen LogP contribution in [0.15, 0.2) is 24.3 Å². The molecule has 2 nitrogen and oxygen atoms in total. The molecule has 1 saturated carbocycles. The van der Waals surface area contributed by atoms with Crippen molar-refractivity contribution in [2.24, 2.45) is 5.41 Å². The second-order valence-corrected chi connectivity index (χ2v) is 6.00. The van der Waals surface area contributed by atoms with Gasteiger partial charge in [0.2, 0.25) is 0 Å². The molecule has 0 atom stereocenters. The molecule has 3 heteroatoms. The highest BCUT2D eigenvalue weighted by molar-refractivity contribution is 6.30. The Bertz CT molecular complexity index is 357. The van der Waals surface area contributed by atoms with Crippen LogP contribution in [0.1, 0.15) is 26.7 Å². The van der Waals surface area contributed by atoms with Crippen molar-refractivity contribution in [1.29, 1.82) is 0 Å². The van der Waals surface area contributed by atoms with Gasteiger partial charge < -0.3 is 10.1 Å². The summed E-state index contributed by atoms with van der Waals surface area (Å²) in [6.07, 6.45) is 2.66. The lowest BCUT2D eigenvalue weighted by molar-refractivity contribution is 0.176. The minimum atomic E-state index is 0.155. The van der Waals surface area contributed by atoms with Crippen molar-refractivity contribution >= 4 is 11.6 Å². The molecule has 1 fully saturated rings. The van der Waals surface area contributed by atoms with Crippen LogP contribution in [0, 0.1) is 5.41 Å². The lowest BCUT2D eigenvalue weighted by Gasteiger charge is -2.25. The molecular formula is C14H20ClNO. The molecule has 0 bridgehead atoms. The van der Waals surface area contributed by atoms with Gasteiger partial charge in [-0.3, -0.25) is 0 Å². The van der Waals surface area contributed by atoms with E-state index < -0.39 is 0 Å². The van der Waals surface area contributed by atoms with Crippen molar-refractivity contribution in [3.8, 4) is 5.75 Å². The summed E-state index contributed by atoms with van der Waals surface area (Å²) >= 11 is 5.83. The van der Waals surface area contributed by atoms with Gasteiger partial charge >= 0.3 is 0 Å². The number of hydrogen-bond acceptors (Lipinski definition) is 2. The van der Waals surface area contributed by atoms with E-state index in [1.165, 1.54) is 12.8 Å². The average Bonchev–Trinajstić information content (AvgIpc) is 3.10. The van der Waals surface area contributed by atoms with E-state index in [0.717, 1.165) is 23.4 Å². The smallest absolute Gasteiger partial charge is 0.119 e. The van der Waals surface area contributed by atoms with E-state index in [2.05, 4.69) is 19.2 Å². The van der Waals surface area contributed by atoms with Crippen LogP contribution in [0.4, 0.5) is 0 Å². The Morgan fingerprint density at radius 1 is 1.29 bits per heavy atom. The maximum atomic E-state index is 5.83. The van der Waals surface area contributed by atoms with Crippen molar-refractivity contribution in [2.75, 3.05) is 13.2 Å². The first-order valence-electron chi connectivity index (χ1n) is 6.17. The first kappa shape index (κ1) is 12.7. The van der Waals surface area contributed by atoms with E-state index >= 15 is 0 Å². The van der Waals surface area contributed by atoms with Gasteiger partial charge in [-0.2, -0.15) is 0 Å². The number of nitrogens with one attached hydrogen (secondary N) is 1. The summed E-state index contributed by atoms with van der Waals surface area (Å²) in [7, 11) is 0. The summed E-state index contributed by atoms with van der Waals surface area (Å²) in [6.45, 7) is 6.16. The molecule has 0 spiro atoms. The molecule has 0 unspecified atom stereocenters. The normalized spacial score (nSPS) is 15.9. The molecule has 1 aromatic rings. The second kappa shape index (κ2) is 5.28. The standard InChI is InChI=1S/C14H20ClNO/c1-14(2,9-16-12-5-6-12)10-17-13-7-3-11(15)4-8-13/h3-4,7-8,12,16H,5-6,9-10H2,1-2H3. The molecule has 0 amide bonds. The van der Waals surface area contributed by atoms with E-state index in [9.17, 15) is 0 Å². The molecule has 0 heterocycles. The van der Waals surface area contributed by atoms with Crippen molar-refractivity contribution in [3.63, 3.8) is 0 Å². The van der Waals surface area contributed by atoms with E-state index in [4.69, 9.17) is 16.3 Å². The average molecular weight is 254 g/mol. The van der Waals surface area contributed by atoms with E-state index in [1.54, 1.807) is 0 Å². The van der Waals surface area contributed by atoms with Gasteiger partial charge in [-0.25, -0.2) is 0 Å². The van der Waals surface area contributed by atoms with Crippen LogP contribution in [0.5, 0.6) is 5.75 Å². The molecule has 1 aliphatic carbocycles. The highest BCUT2D eigenvalue weighted by Crippen LogP contribution is 2.23. The number of benzene rings is 1. The van der Waals surface area contributed by atoms with Gasteiger partial charge in [0.25, 0.3) is 0 Å². The predicted octanol–water partition coefficient (Wildman–Crippen LogP) is 3.50. The third kappa shape index (κ3) is 4.57. The SMILES string of the molecule is CC(C)(CNC1CC1)COc1ccc(Cl)cc1. The number of hydrogen-bond donors (Lipinski definition) is 1. The third-order valence-electron chi connectivity index (χ3n) is 2.89. The zero-order chi connectivity index (χ0) is 12.3. The lowest BCUT2D eigenvalue weighted by Crippen LogP contribution is -2.35. The first-order chi connectivity index (χ1) is 8.05. The molecule has 17 heavy (non-hydrogen) atoms. The van der Waals surface area contributed by atoms with Crippen molar-refractivity contribution in [1.82, 2.24) is 5.32 Å². The molecular weight excluding hydrogens is 234 g/mol. The Morgan fingerprint density at radius 2 is 1.94 bits per heavy atom. The fourth-order valence-electron chi connectivity index (χ4n) is 1.57. The quantitative estimate of drug-likeness (QED) is 0.838. The summed E-state index contributed by atoms with van der Waals surface area (Å²) in [5.41, 5.74) is 0.155. The van der Waals surface area contributed by atoms with Crippen LogP contribution in [0.25, 0.3) is 0 Å². The molecule has 1 aliphatic rings. The Labute approximate surface area is 108 Å². The molecule has 1 N–H and O–H groups in total. The zero-order valence-corrected chi connectivity index (χ0v) is 11.3. The van der Waals surface area contributed by atoms with Crippen LogP contribution in [0.2, 0.25) is 5.02 Å². The maximum absolute atomic E-state index is 5.83. The van der Waals surface area contributed by atoms with Gasteiger partial charge in [0.1, 0.15) is 5.75 Å². The Balaban J connectivity index is 1.76. The molecule has 0 aromatic heterocycles. The lowest BCUT2D eigenvalue weighted by atomic mass is 9.95. The summed E-state index contributed by atoms with van der Waals surface area (Å²) in [6, 6.07) is 8.28. The van der Waals surface area contributed by atoms with Gasteiger partial charge in [-0.05, 0) is 37.1 Å². The van der Waals surface area contributed by atoms with Crippen molar-refractivity contribution in [3.05, 3.63) is 29.3 Å². The predicted molar refractivity (Wildman–Crippen MR) is 71.8 cm³/mol. The zero-order valence-electron chi connectivity index (χ0n) is 10.5. The molecule has 1 aromatic carbocycles. The molecule has 0 radical (unpaired) electrons. The van der Waals surface area contributed by atoms with Crippen LogP contribution in [-0.2, 0) is 0 Å². The fourth-order valence-corrected chi connectivity index (χ4v) is 1.69. The third-order valence-corrected chi connectivity index (χ3v) is 3.14. The summed E-state index contributed by atoms with van der Waals surface area (Å²) in [5, 5.41) is 4.28. The van der Waals surface area contributed by atoms with Crippen LogP contribution < -0.4 is 10.1 Å². The van der Waals surface area contributed by atoms with Crippen molar-refractivity contribution in [2.45, 2.75) is 32.7 Å². The van der Waals surface area contributed by atoms with Crippen LogP contribution >= 0.6 is 11.6 Å². The van der Waals surface area contributed by atoms with Gasteiger partial charge in [-0.1, -0.05) is 25.4 Å². The van der Waals surface area contributed by atoms with Crippen LogP contribution in [-0.4, -0.2) is 19.2 Å². The second-order valence-electron chi connectivity index (χ2n) is 5.56. The number of ether oxygens (including phenoxy) is 1. The molecule has 0 saturated heterocycles. The van der Waals surface area contributed by atoms with Crippen molar-refractivity contribution < 1.29 is 4.74 Å². The monoisotopic (exact) mass is 253 g/mol. The fraction of sp³-hybridized carbons (Fsp3) is 0.571. The summed E-state index contributed by atoms with van der Waals surface area (Å²) in [5.74, 6) is 0.883. The van der Waals surface area contributed by atoms with Gasteiger partial charge in [0, 0.05) is 23.0 Å². The minimum absolute atomic E-state index is 0.155. The Hall–Kier alpha value is -0.730. The Morgan fingerprint density at radius 3 is 2.53 bits per heavy atom. The van der Waals surface area contributed by atoms with E-state index in [-0.39, 0.29) is 5.41 Å². The van der Waals surface area contributed by atoms with E-state index in [1.807, 2.05) is 24.3 Å². The van der Waals surface area contributed by atoms with Gasteiger partial charge in [0.15, 0.2) is 0 Å². The summed E-state index contributed by atoms with van der Waals surface area (Å²) < 4.78 is 5.78. The highest BCUT2D eigenvalue weighted by Gasteiger charge is 2.25. The maximum Gasteiger partial charge on any atom is 0.119 e.